The molecule has 2 atom stereocenters. The molecule has 1 aromatic carbocycles. The Morgan fingerprint density at radius 3 is 3.21 bits per heavy atom. The highest BCUT2D eigenvalue weighted by atomic mass is 35.5. The summed E-state index contributed by atoms with van der Waals surface area (Å²) in [6.45, 7) is 3.57. The Kier molecular flexibility index (Phi) is 2.67. The van der Waals surface area contributed by atoms with Gasteiger partial charge in [0, 0.05) is 35.3 Å². The lowest BCUT2D eigenvalue weighted by Gasteiger charge is -2.40. The molecule has 0 amide bonds. The van der Waals surface area contributed by atoms with Crippen LogP contribution in [0.5, 0.6) is 0 Å². The van der Waals surface area contributed by atoms with E-state index in [1.165, 1.54) is 0 Å². The highest BCUT2D eigenvalue weighted by Gasteiger charge is 2.38. The maximum Gasteiger partial charge on any atom is 0.134 e. The van der Waals surface area contributed by atoms with Crippen LogP contribution in [0.3, 0.4) is 0 Å². The standard InChI is InChI=1S/C14H16ClN3O/c15-10-1-2-11-12(7-10)17-13(9-3-6-19-8-9)18-5-4-16-14(11)18/h1-2,7,9,13,17H,3-6,8H2/t9-,13-/m1/s1. The minimum absolute atomic E-state index is 0.287. The van der Waals surface area contributed by atoms with Crippen LogP contribution in [0, 0.1) is 5.92 Å². The van der Waals surface area contributed by atoms with E-state index in [1.54, 1.807) is 0 Å². The van der Waals surface area contributed by atoms with E-state index in [0.717, 1.165) is 54.8 Å². The Morgan fingerprint density at radius 2 is 2.37 bits per heavy atom. The third-order valence-corrected chi connectivity index (χ3v) is 4.38. The Bertz CT molecular complexity index is 539. The summed E-state index contributed by atoms with van der Waals surface area (Å²) >= 11 is 6.11. The average Bonchev–Trinajstić information content (AvgIpc) is 3.08. The average molecular weight is 278 g/mol. The first-order valence-electron chi connectivity index (χ1n) is 6.78. The molecule has 0 saturated carbocycles. The molecular formula is C14H16ClN3O. The van der Waals surface area contributed by atoms with Gasteiger partial charge in [0.05, 0.1) is 13.2 Å². The third kappa shape index (κ3) is 1.82. The van der Waals surface area contributed by atoms with Crippen LogP contribution in [-0.4, -0.2) is 43.2 Å². The maximum atomic E-state index is 6.11. The lowest BCUT2D eigenvalue weighted by atomic mass is 9.99. The summed E-state index contributed by atoms with van der Waals surface area (Å²) in [6, 6.07) is 5.99. The Morgan fingerprint density at radius 1 is 1.42 bits per heavy atom. The molecule has 4 nitrogen and oxygen atoms in total. The van der Waals surface area contributed by atoms with Crippen molar-refractivity contribution >= 4 is 23.1 Å². The molecule has 0 aliphatic carbocycles. The van der Waals surface area contributed by atoms with Crippen molar-refractivity contribution in [2.75, 3.05) is 31.6 Å². The third-order valence-electron chi connectivity index (χ3n) is 4.15. The van der Waals surface area contributed by atoms with Gasteiger partial charge in [-0.25, -0.2) is 0 Å². The summed E-state index contributed by atoms with van der Waals surface area (Å²) in [5.74, 6) is 1.64. The van der Waals surface area contributed by atoms with Gasteiger partial charge in [0.15, 0.2) is 0 Å². The number of ether oxygens (including phenoxy) is 1. The number of benzene rings is 1. The molecule has 0 bridgehead atoms. The molecule has 5 heteroatoms. The van der Waals surface area contributed by atoms with E-state index < -0.39 is 0 Å². The molecule has 3 heterocycles. The molecule has 19 heavy (non-hydrogen) atoms. The van der Waals surface area contributed by atoms with Crippen LogP contribution in [-0.2, 0) is 4.74 Å². The van der Waals surface area contributed by atoms with E-state index in [1.807, 2.05) is 12.1 Å². The van der Waals surface area contributed by atoms with Crippen molar-refractivity contribution in [3.8, 4) is 0 Å². The summed E-state index contributed by atoms with van der Waals surface area (Å²) in [7, 11) is 0. The van der Waals surface area contributed by atoms with Crippen LogP contribution in [0.4, 0.5) is 5.69 Å². The molecule has 0 unspecified atom stereocenters. The molecule has 0 spiro atoms. The fourth-order valence-electron chi connectivity index (χ4n) is 3.21. The summed E-state index contributed by atoms with van der Waals surface area (Å²) in [6.07, 6.45) is 1.40. The number of anilines is 1. The smallest absolute Gasteiger partial charge is 0.134 e. The van der Waals surface area contributed by atoms with Crippen molar-refractivity contribution in [3.05, 3.63) is 28.8 Å². The minimum Gasteiger partial charge on any atom is -0.381 e. The van der Waals surface area contributed by atoms with Gasteiger partial charge in [0.25, 0.3) is 0 Å². The van der Waals surface area contributed by atoms with Gasteiger partial charge in [0.2, 0.25) is 0 Å². The van der Waals surface area contributed by atoms with Crippen molar-refractivity contribution < 1.29 is 4.74 Å². The van der Waals surface area contributed by atoms with Crippen LogP contribution < -0.4 is 5.32 Å². The van der Waals surface area contributed by atoms with E-state index in [4.69, 9.17) is 16.3 Å². The Balaban J connectivity index is 1.75. The maximum absolute atomic E-state index is 6.11. The van der Waals surface area contributed by atoms with Gasteiger partial charge < -0.3 is 15.0 Å². The van der Waals surface area contributed by atoms with E-state index in [-0.39, 0.29) is 6.17 Å². The van der Waals surface area contributed by atoms with Gasteiger partial charge in [0.1, 0.15) is 12.0 Å². The molecule has 4 rings (SSSR count). The van der Waals surface area contributed by atoms with Crippen molar-refractivity contribution in [1.82, 2.24) is 4.90 Å². The SMILES string of the molecule is Clc1ccc2c(c1)N[C@@H]([C@@H]1CCOC1)N1CCN=C21. The zero-order valence-electron chi connectivity index (χ0n) is 10.6. The number of nitrogens with one attached hydrogen (secondary N) is 1. The predicted octanol–water partition coefficient (Wildman–Crippen LogP) is 2.19. The zero-order valence-corrected chi connectivity index (χ0v) is 11.4. The van der Waals surface area contributed by atoms with Crippen molar-refractivity contribution in [1.29, 1.82) is 0 Å². The van der Waals surface area contributed by atoms with E-state index in [0.29, 0.717) is 5.92 Å². The topological polar surface area (TPSA) is 36.9 Å². The molecule has 1 saturated heterocycles. The summed E-state index contributed by atoms with van der Waals surface area (Å²) in [5, 5.41) is 4.40. The molecule has 1 aromatic rings. The molecule has 0 aromatic heterocycles. The molecule has 1 N–H and O–H groups in total. The molecule has 100 valence electrons. The van der Waals surface area contributed by atoms with Crippen LogP contribution in [0.1, 0.15) is 12.0 Å². The summed E-state index contributed by atoms with van der Waals surface area (Å²) in [5.41, 5.74) is 2.26. The highest BCUT2D eigenvalue weighted by Crippen LogP contribution is 2.34. The predicted molar refractivity (Wildman–Crippen MR) is 75.9 cm³/mol. The van der Waals surface area contributed by atoms with E-state index in [2.05, 4.69) is 21.3 Å². The first-order valence-corrected chi connectivity index (χ1v) is 7.16. The van der Waals surface area contributed by atoms with E-state index >= 15 is 0 Å². The van der Waals surface area contributed by atoms with Crippen LogP contribution in [0.25, 0.3) is 0 Å². The van der Waals surface area contributed by atoms with Crippen LogP contribution in [0.15, 0.2) is 23.2 Å². The summed E-state index contributed by atoms with van der Waals surface area (Å²) < 4.78 is 5.54. The lowest BCUT2D eigenvalue weighted by molar-refractivity contribution is 0.166. The Hall–Kier alpha value is -1.26. The fourth-order valence-corrected chi connectivity index (χ4v) is 3.39. The molecule has 1 fully saturated rings. The number of hydrogen-bond acceptors (Lipinski definition) is 4. The number of aliphatic imine (C=N–C) groups is 1. The second kappa shape index (κ2) is 4.39. The minimum atomic E-state index is 0.287. The number of rotatable bonds is 1. The van der Waals surface area contributed by atoms with Crippen molar-refractivity contribution in [2.45, 2.75) is 12.6 Å². The van der Waals surface area contributed by atoms with Gasteiger partial charge in [-0.15, -0.1) is 0 Å². The van der Waals surface area contributed by atoms with Crippen molar-refractivity contribution in [3.63, 3.8) is 0 Å². The van der Waals surface area contributed by atoms with Gasteiger partial charge in [-0.05, 0) is 24.6 Å². The molecular weight excluding hydrogens is 262 g/mol. The van der Waals surface area contributed by atoms with Gasteiger partial charge >= 0.3 is 0 Å². The molecule has 3 aliphatic heterocycles. The van der Waals surface area contributed by atoms with E-state index in [9.17, 15) is 0 Å². The zero-order chi connectivity index (χ0) is 12.8. The monoisotopic (exact) mass is 277 g/mol. The highest BCUT2D eigenvalue weighted by molar-refractivity contribution is 6.31. The van der Waals surface area contributed by atoms with Crippen molar-refractivity contribution in [2.24, 2.45) is 10.9 Å². The second-order valence-corrected chi connectivity index (χ2v) is 5.74. The normalized spacial score (nSPS) is 28.7. The van der Waals surface area contributed by atoms with Gasteiger partial charge in [-0.2, -0.15) is 0 Å². The number of fused-ring (bicyclic) bond motifs is 3. The molecule has 0 radical (unpaired) electrons. The largest absolute Gasteiger partial charge is 0.381 e. The second-order valence-electron chi connectivity index (χ2n) is 5.30. The number of hydrogen-bond donors (Lipinski definition) is 1. The number of nitrogens with zero attached hydrogens (tertiary/aromatic N) is 2. The number of halogens is 1. The van der Waals surface area contributed by atoms with Crippen LogP contribution >= 0.6 is 11.6 Å². The summed E-state index contributed by atoms with van der Waals surface area (Å²) in [4.78, 5) is 7.05. The number of amidine groups is 1. The fraction of sp³-hybridized carbons (Fsp3) is 0.500. The quantitative estimate of drug-likeness (QED) is 0.855. The first kappa shape index (κ1) is 11.6. The Labute approximate surface area is 117 Å². The van der Waals surface area contributed by atoms with Gasteiger partial charge in [-0.1, -0.05) is 11.6 Å². The lowest BCUT2D eigenvalue weighted by Crippen LogP contribution is -2.51. The first-order chi connectivity index (χ1) is 9.33. The molecule has 3 aliphatic rings. The van der Waals surface area contributed by atoms with Gasteiger partial charge in [-0.3, -0.25) is 4.99 Å². The van der Waals surface area contributed by atoms with Crippen LogP contribution in [0.2, 0.25) is 5.02 Å².